The van der Waals surface area contributed by atoms with Crippen LogP contribution in [0.15, 0.2) is 61.1 Å². The number of nitrogens with one attached hydrogen (secondary N) is 2. The maximum Gasteiger partial charge on any atom is 0.324 e. The average molecular weight is 529 g/mol. The Kier molecular flexibility index (Phi) is 7.83. The second-order valence-electron chi connectivity index (χ2n) is 8.12. The number of halogens is 3. The van der Waals surface area contributed by atoms with Crippen molar-refractivity contribution >= 4 is 46.3 Å². The van der Waals surface area contributed by atoms with Crippen LogP contribution in [0, 0.1) is 5.82 Å². The molecule has 0 aliphatic carbocycles. The van der Waals surface area contributed by atoms with Crippen molar-refractivity contribution < 1.29 is 23.1 Å². The van der Waals surface area contributed by atoms with Crippen molar-refractivity contribution in [3.05, 3.63) is 71.9 Å². The van der Waals surface area contributed by atoms with Crippen molar-refractivity contribution in [2.24, 2.45) is 0 Å². The quantitative estimate of drug-likeness (QED) is 0.421. The molecule has 0 atom stereocenters. The summed E-state index contributed by atoms with van der Waals surface area (Å²) in [6, 6.07) is 10.8. The van der Waals surface area contributed by atoms with Crippen LogP contribution in [0.4, 0.5) is 31.7 Å². The van der Waals surface area contributed by atoms with Crippen LogP contribution in [0.25, 0.3) is 0 Å². The predicted molar refractivity (Wildman–Crippen MR) is 137 cm³/mol. The molecule has 1 aromatic heterocycles. The number of piperazine rings is 1. The zero-order valence-corrected chi connectivity index (χ0v) is 20.6. The van der Waals surface area contributed by atoms with E-state index < -0.39 is 17.6 Å². The molecule has 2 aromatic carbocycles. The van der Waals surface area contributed by atoms with E-state index in [2.05, 4.69) is 27.2 Å². The average Bonchev–Trinajstić information content (AvgIpc) is 2.86. The zero-order chi connectivity index (χ0) is 26.5. The lowest BCUT2D eigenvalue weighted by Crippen LogP contribution is -2.48. The molecule has 1 aliphatic rings. The summed E-state index contributed by atoms with van der Waals surface area (Å²) in [4.78, 5) is 34.9. The van der Waals surface area contributed by atoms with Crippen LogP contribution >= 0.6 is 11.6 Å². The Morgan fingerprint density at radius 3 is 2.51 bits per heavy atom. The summed E-state index contributed by atoms with van der Waals surface area (Å²) in [5, 5.41) is 5.53. The van der Waals surface area contributed by atoms with Crippen LogP contribution in [0.1, 0.15) is 6.92 Å². The second-order valence-corrected chi connectivity index (χ2v) is 8.53. The van der Waals surface area contributed by atoms with Crippen molar-refractivity contribution in [2.75, 3.05) is 41.7 Å². The van der Waals surface area contributed by atoms with Crippen LogP contribution in [-0.2, 0) is 9.59 Å². The van der Waals surface area contributed by atoms with Gasteiger partial charge in [0.25, 0.3) is 5.91 Å². The molecule has 0 saturated carbocycles. The highest BCUT2D eigenvalue weighted by Crippen LogP contribution is 2.30. The van der Waals surface area contributed by atoms with E-state index in [1.54, 1.807) is 41.3 Å². The lowest BCUT2D eigenvalue weighted by atomic mass is 10.2. The summed E-state index contributed by atoms with van der Waals surface area (Å²) < 4.78 is 33.5. The minimum atomic E-state index is -1.11. The third kappa shape index (κ3) is 6.50. The number of hydrogen-bond donors (Lipinski definition) is 2. The monoisotopic (exact) mass is 528 g/mol. The maximum absolute atomic E-state index is 14.9. The van der Waals surface area contributed by atoms with E-state index in [0.29, 0.717) is 43.2 Å². The molecule has 12 heteroatoms. The molecule has 192 valence electrons. The topological polar surface area (TPSA) is 99.7 Å². The van der Waals surface area contributed by atoms with Gasteiger partial charge in [-0.15, -0.1) is 0 Å². The van der Waals surface area contributed by atoms with Gasteiger partial charge in [0.2, 0.25) is 5.91 Å². The Balaban J connectivity index is 1.45. The molecule has 0 unspecified atom stereocenters. The Morgan fingerprint density at radius 2 is 1.84 bits per heavy atom. The standard InChI is InChI=1S/C25H23ClF2N6O3/c1-15(27)24(36)31-18-5-3-4-17(12-18)30-23-20(26)14-29-25(32-23)37-19-6-7-22(21(28)13-19)34-10-8-33(9-11-34)16(2)35/h3-7,12-14H,1,8-11H2,2H3,(H,31,36)(H,29,30,32). The number of amides is 2. The predicted octanol–water partition coefficient (Wildman–Crippen LogP) is 4.90. The number of rotatable bonds is 7. The Labute approximate surface area is 216 Å². The first-order chi connectivity index (χ1) is 17.7. The number of carbonyl (C=O) groups excluding carboxylic acids is 2. The highest BCUT2D eigenvalue weighted by Gasteiger charge is 2.21. The van der Waals surface area contributed by atoms with E-state index in [-0.39, 0.29) is 28.5 Å². The number of benzene rings is 2. The largest absolute Gasteiger partial charge is 0.424 e. The van der Waals surface area contributed by atoms with Gasteiger partial charge in [0.05, 0.1) is 11.9 Å². The van der Waals surface area contributed by atoms with Crippen LogP contribution < -0.4 is 20.3 Å². The SMILES string of the molecule is C=C(F)C(=O)Nc1cccc(Nc2nc(Oc3ccc(N4CCN(C(C)=O)CC4)c(F)c3)ncc2Cl)c1. The van der Waals surface area contributed by atoms with Crippen LogP contribution in [0.5, 0.6) is 11.8 Å². The van der Waals surface area contributed by atoms with E-state index in [4.69, 9.17) is 16.3 Å². The number of ether oxygens (including phenoxy) is 1. The zero-order valence-electron chi connectivity index (χ0n) is 19.8. The number of carbonyl (C=O) groups is 2. The second kappa shape index (κ2) is 11.2. The van der Waals surface area contributed by atoms with Crippen LogP contribution in [0.3, 0.4) is 0 Å². The molecule has 1 saturated heterocycles. The highest BCUT2D eigenvalue weighted by molar-refractivity contribution is 6.32. The Morgan fingerprint density at radius 1 is 1.11 bits per heavy atom. The van der Waals surface area contributed by atoms with Crippen molar-refractivity contribution in [3.8, 4) is 11.8 Å². The molecule has 4 rings (SSSR count). The Bertz CT molecular complexity index is 1350. The minimum absolute atomic E-state index is 0.00301. The van der Waals surface area contributed by atoms with Gasteiger partial charge in [0, 0.05) is 50.5 Å². The van der Waals surface area contributed by atoms with Gasteiger partial charge in [-0.1, -0.05) is 24.2 Å². The van der Waals surface area contributed by atoms with E-state index in [9.17, 15) is 18.4 Å². The molecule has 3 aromatic rings. The van der Waals surface area contributed by atoms with Gasteiger partial charge in [-0.25, -0.2) is 13.8 Å². The molecule has 0 radical (unpaired) electrons. The fourth-order valence-electron chi connectivity index (χ4n) is 3.67. The summed E-state index contributed by atoms with van der Waals surface area (Å²) >= 11 is 6.21. The first kappa shape index (κ1) is 25.8. The van der Waals surface area contributed by atoms with Gasteiger partial charge in [-0.3, -0.25) is 9.59 Å². The van der Waals surface area contributed by atoms with Crippen molar-refractivity contribution in [1.29, 1.82) is 0 Å². The van der Waals surface area contributed by atoms with Crippen molar-refractivity contribution in [1.82, 2.24) is 14.9 Å². The number of aromatic nitrogens is 2. The molecule has 9 nitrogen and oxygen atoms in total. The molecule has 1 aliphatic heterocycles. The molecular weight excluding hydrogens is 506 g/mol. The number of anilines is 4. The Hall–Kier alpha value is -4.25. The molecule has 1 fully saturated rings. The minimum Gasteiger partial charge on any atom is -0.424 e. The van der Waals surface area contributed by atoms with Crippen LogP contribution in [-0.4, -0.2) is 52.9 Å². The number of hydrogen-bond acceptors (Lipinski definition) is 7. The highest BCUT2D eigenvalue weighted by atomic mass is 35.5. The van der Waals surface area contributed by atoms with Gasteiger partial charge in [0.15, 0.2) is 11.6 Å². The molecule has 2 heterocycles. The van der Waals surface area contributed by atoms with Gasteiger partial charge >= 0.3 is 6.01 Å². The van der Waals surface area contributed by atoms with Crippen LogP contribution in [0.2, 0.25) is 5.02 Å². The molecule has 0 bridgehead atoms. The smallest absolute Gasteiger partial charge is 0.324 e. The first-order valence-electron chi connectivity index (χ1n) is 11.2. The lowest BCUT2D eigenvalue weighted by molar-refractivity contribution is -0.129. The maximum atomic E-state index is 14.9. The fraction of sp³-hybridized carbons (Fsp3) is 0.200. The fourth-order valence-corrected chi connectivity index (χ4v) is 3.81. The molecule has 2 N–H and O–H groups in total. The summed E-state index contributed by atoms with van der Waals surface area (Å²) in [5.41, 5.74) is 1.24. The van der Waals surface area contributed by atoms with Crippen molar-refractivity contribution in [2.45, 2.75) is 6.92 Å². The third-order valence-corrected chi connectivity index (χ3v) is 5.82. The molecule has 2 amide bonds. The molecule has 0 spiro atoms. The summed E-state index contributed by atoms with van der Waals surface area (Å²) in [6.45, 7) is 6.59. The van der Waals surface area contributed by atoms with Gasteiger partial charge in [0.1, 0.15) is 16.6 Å². The van der Waals surface area contributed by atoms with E-state index in [1.807, 2.05) is 4.90 Å². The summed E-state index contributed by atoms with van der Waals surface area (Å²) in [5.74, 6) is -2.15. The normalized spacial score (nSPS) is 13.2. The molecule has 37 heavy (non-hydrogen) atoms. The van der Waals surface area contributed by atoms with Gasteiger partial charge in [-0.2, -0.15) is 4.98 Å². The summed E-state index contributed by atoms with van der Waals surface area (Å²) in [7, 11) is 0. The summed E-state index contributed by atoms with van der Waals surface area (Å²) in [6.07, 6.45) is 1.32. The lowest BCUT2D eigenvalue weighted by Gasteiger charge is -2.35. The van der Waals surface area contributed by atoms with Gasteiger partial charge < -0.3 is 25.2 Å². The third-order valence-electron chi connectivity index (χ3n) is 5.55. The molecular formula is C25H23ClF2N6O3. The van der Waals surface area contributed by atoms with E-state index >= 15 is 0 Å². The van der Waals surface area contributed by atoms with Crippen molar-refractivity contribution in [3.63, 3.8) is 0 Å². The van der Waals surface area contributed by atoms with Gasteiger partial charge in [-0.05, 0) is 30.3 Å². The van der Waals surface area contributed by atoms with E-state index in [1.165, 1.54) is 19.2 Å². The first-order valence-corrected chi connectivity index (χ1v) is 11.6. The van der Waals surface area contributed by atoms with E-state index in [0.717, 1.165) is 0 Å². The number of nitrogens with zero attached hydrogens (tertiary/aromatic N) is 4.